The molecule has 146 valence electrons. The van der Waals surface area contributed by atoms with Crippen molar-refractivity contribution in [2.45, 2.75) is 52.2 Å². The van der Waals surface area contributed by atoms with Crippen molar-refractivity contribution in [3.05, 3.63) is 18.2 Å². The van der Waals surface area contributed by atoms with Crippen molar-refractivity contribution in [1.29, 1.82) is 0 Å². The van der Waals surface area contributed by atoms with Crippen LogP contribution in [0.15, 0.2) is 12.5 Å². The summed E-state index contributed by atoms with van der Waals surface area (Å²) in [5.74, 6) is 1.19. The fourth-order valence-corrected chi connectivity index (χ4v) is 2.84. The summed E-state index contributed by atoms with van der Waals surface area (Å²) in [5, 5.41) is 4.12. The van der Waals surface area contributed by atoms with Gasteiger partial charge in [0.05, 0.1) is 24.6 Å². The number of rotatable bonds is 5. The molecule has 0 radical (unpaired) electrons. The van der Waals surface area contributed by atoms with Crippen molar-refractivity contribution in [3.63, 3.8) is 0 Å². The van der Waals surface area contributed by atoms with Crippen LogP contribution in [-0.4, -0.2) is 42.1 Å². The van der Waals surface area contributed by atoms with Crippen LogP contribution in [-0.2, 0) is 21.1 Å². The van der Waals surface area contributed by atoms with E-state index in [1.807, 2.05) is 0 Å². The number of imidazole rings is 1. The molecule has 9 nitrogen and oxygen atoms in total. The van der Waals surface area contributed by atoms with E-state index in [9.17, 15) is 0 Å². The number of nitrogen functional groups attached to an aromatic ring is 1. The van der Waals surface area contributed by atoms with E-state index in [1.165, 1.54) is 12.7 Å². The number of hydrogen-bond acceptors (Lipinski definition) is 7. The van der Waals surface area contributed by atoms with Gasteiger partial charge in [0.25, 0.3) is 0 Å². The summed E-state index contributed by atoms with van der Waals surface area (Å²) in [6.07, 6.45) is 5.31. The van der Waals surface area contributed by atoms with Gasteiger partial charge in [0, 0.05) is 0 Å². The van der Waals surface area contributed by atoms with Crippen LogP contribution in [0.4, 0.5) is 5.82 Å². The number of hydrogen-bond donors (Lipinski definition) is 3. The average molecular weight is 403 g/mol. The van der Waals surface area contributed by atoms with Gasteiger partial charge in [0.15, 0.2) is 11.5 Å². The van der Waals surface area contributed by atoms with E-state index in [2.05, 4.69) is 47.6 Å². The Morgan fingerprint density at radius 2 is 2.12 bits per heavy atom. The minimum atomic E-state index is -3.65. The summed E-state index contributed by atoms with van der Waals surface area (Å²) >= 11 is 4.41. The van der Waals surface area contributed by atoms with Gasteiger partial charge in [-0.05, 0) is 30.6 Å². The summed E-state index contributed by atoms with van der Waals surface area (Å²) in [5.41, 5.74) is 6.99. The Morgan fingerprint density at radius 1 is 1.42 bits per heavy atom. The Labute approximate surface area is 157 Å². The molecule has 0 saturated carbocycles. The van der Waals surface area contributed by atoms with Crippen LogP contribution in [0.3, 0.4) is 0 Å². The highest BCUT2D eigenvalue weighted by Crippen LogP contribution is 2.39. The number of ether oxygens (including phenoxy) is 1. The Kier molecular flexibility index (Phi) is 7.45. The van der Waals surface area contributed by atoms with Gasteiger partial charge in [-0.2, -0.15) is 5.10 Å². The highest BCUT2D eigenvalue weighted by atomic mass is 32.5. The van der Waals surface area contributed by atoms with E-state index in [1.54, 1.807) is 10.7 Å². The van der Waals surface area contributed by atoms with Gasteiger partial charge in [0.1, 0.15) is 12.4 Å². The third-order valence-electron chi connectivity index (χ3n) is 4.04. The first-order valence-corrected chi connectivity index (χ1v) is 11.1. The predicted molar refractivity (Wildman–Crippen MR) is 102 cm³/mol. The molecule has 0 spiro atoms. The van der Waals surface area contributed by atoms with Crippen LogP contribution in [0, 0.1) is 5.92 Å². The van der Waals surface area contributed by atoms with Crippen LogP contribution in [0.25, 0.3) is 5.65 Å². The topological polar surface area (TPSA) is 128 Å². The lowest BCUT2D eigenvalue weighted by molar-refractivity contribution is 0.0117. The van der Waals surface area contributed by atoms with E-state index in [0.29, 0.717) is 17.9 Å². The SMILES string of the molecule is CCC(C)C.Nc1ncnn2c([C@H]3CC[C@@H](COP(O)(O)=S)O3)cnc12. The van der Waals surface area contributed by atoms with Gasteiger partial charge in [-0.25, -0.2) is 14.5 Å². The Bertz CT molecular complexity index is 766. The predicted octanol–water partition coefficient (Wildman–Crippen LogP) is 2.20. The maximum atomic E-state index is 9.06. The zero-order valence-corrected chi connectivity index (χ0v) is 16.9. The molecule has 0 aliphatic carbocycles. The van der Waals surface area contributed by atoms with Crippen LogP contribution in [0.5, 0.6) is 0 Å². The molecule has 11 heteroatoms. The molecule has 4 N–H and O–H groups in total. The molecular formula is C15H26N5O4PS. The summed E-state index contributed by atoms with van der Waals surface area (Å²) < 4.78 is 12.2. The fraction of sp³-hybridized carbons (Fsp3) is 0.667. The Balaban J connectivity index is 0.000000431. The zero-order chi connectivity index (χ0) is 19.3. The van der Waals surface area contributed by atoms with Crippen molar-refractivity contribution >= 4 is 30.0 Å². The van der Waals surface area contributed by atoms with Gasteiger partial charge in [-0.15, -0.1) is 0 Å². The lowest BCUT2D eigenvalue weighted by Crippen LogP contribution is -2.14. The van der Waals surface area contributed by atoms with Crippen molar-refractivity contribution in [1.82, 2.24) is 19.6 Å². The van der Waals surface area contributed by atoms with E-state index >= 15 is 0 Å². The van der Waals surface area contributed by atoms with Crippen molar-refractivity contribution in [3.8, 4) is 0 Å². The van der Waals surface area contributed by atoms with Gasteiger partial charge < -0.3 is 24.8 Å². The van der Waals surface area contributed by atoms with Gasteiger partial charge >= 0.3 is 6.72 Å². The van der Waals surface area contributed by atoms with Crippen LogP contribution >= 0.6 is 6.72 Å². The lowest BCUT2D eigenvalue weighted by atomic mass is 10.1. The monoisotopic (exact) mass is 403 g/mol. The highest BCUT2D eigenvalue weighted by Gasteiger charge is 2.30. The first-order valence-electron chi connectivity index (χ1n) is 8.51. The molecule has 1 saturated heterocycles. The molecule has 2 aromatic rings. The van der Waals surface area contributed by atoms with E-state index in [-0.39, 0.29) is 18.8 Å². The minimum absolute atomic E-state index is 0.0502. The highest BCUT2D eigenvalue weighted by molar-refractivity contribution is 8.06. The van der Waals surface area contributed by atoms with E-state index < -0.39 is 6.72 Å². The summed E-state index contributed by atoms with van der Waals surface area (Å²) in [7, 11) is 0. The molecule has 2 aromatic heterocycles. The molecule has 1 aliphatic heterocycles. The molecule has 3 heterocycles. The molecule has 1 aliphatic rings. The molecule has 1 fully saturated rings. The summed E-state index contributed by atoms with van der Waals surface area (Å²) in [6, 6.07) is 0. The van der Waals surface area contributed by atoms with Gasteiger partial charge in [-0.1, -0.05) is 27.2 Å². The van der Waals surface area contributed by atoms with Crippen molar-refractivity contribution in [2.75, 3.05) is 12.3 Å². The Hall–Kier alpha value is -1.16. The third-order valence-corrected chi connectivity index (χ3v) is 4.84. The molecular weight excluding hydrogens is 377 g/mol. The smallest absolute Gasteiger partial charge is 0.321 e. The maximum Gasteiger partial charge on any atom is 0.321 e. The van der Waals surface area contributed by atoms with Crippen LogP contribution in [0.2, 0.25) is 0 Å². The molecule has 3 rings (SSSR count). The van der Waals surface area contributed by atoms with Crippen molar-refractivity contribution in [2.24, 2.45) is 5.92 Å². The second kappa shape index (κ2) is 9.16. The number of nitrogens with two attached hydrogens (primary N) is 1. The second-order valence-electron chi connectivity index (χ2n) is 6.48. The first kappa shape index (κ1) is 21.1. The van der Waals surface area contributed by atoms with Gasteiger partial charge in [-0.3, -0.25) is 0 Å². The molecule has 26 heavy (non-hydrogen) atoms. The summed E-state index contributed by atoms with van der Waals surface area (Å²) in [4.78, 5) is 26.2. The standard InChI is InChI=1S/C10H14N5O4PS.C5H12/c11-9-10-12-3-7(15(10)14-5-13-9)8-2-1-6(19-8)4-18-20(16,17)21;1-4-5(2)3/h3,5-6,8H,1-2,4H2,(H2,11,13,14)(H2,16,17,21);5H,4H2,1-3H3/t6-,8+;/m0./s1. The van der Waals surface area contributed by atoms with Crippen LogP contribution < -0.4 is 5.73 Å². The number of nitrogens with zero attached hydrogens (tertiary/aromatic N) is 4. The quantitative estimate of drug-likeness (QED) is 0.644. The average Bonchev–Trinajstić information content (AvgIpc) is 3.20. The van der Waals surface area contributed by atoms with E-state index in [4.69, 9.17) is 24.8 Å². The van der Waals surface area contributed by atoms with E-state index in [0.717, 1.165) is 18.0 Å². The molecule has 0 aromatic carbocycles. The molecule has 2 atom stereocenters. The fourth-order valence-electron chi connectivity index (χ4n) is 2.30. The van der Waals surface area contributed by atoms with Crippen LogP contribution in [0.1, 0.15) is 51.8 Å². The normalized spacial score (nSPS) is 20.4. The lowest BCUT2D eigenvalue weighted by Gasteiger charge is -2.15. The first-order chi connectivity index (χ1) is 12.2. The Morgan fingerprint density at radius 3 is 2.73 bits per heavy atom. The largest absolute Gasteiger partial charge is 0.381 e. The zero-order valence-electron chi connectivity index (χ0n) is 15.1. The second-order valence-corrected chi connectivity index (χ2v) is 9.14. The number of aromatic nitrogens is 4. The molecule has 0 bridgehead atoms. The van der Waals surface area contributed by atoms with Gasteiger partial charge in [0.2, 0.25) is 0 Å². The molecule has 0 amide bonds. The number of anilines is 1. The molecule has 0 unspecified atom stereocenters. The summed E-state index contributed by atoms with van der Waals surface area (Å²) in [6.45, 7) is 3.05. The third kappa shape index (κ3) is 5.94. The maximum absolute atomic E-state index is 9.06. The van der Waals surface area contributed by atoms with Crippen molar-refractivity contribution < 1.29 is 19.0 Å². The minimum Gasteiger partial charge on any atom is -0.381 e. The number of fused-ring (bicyclic) bond motifs is 1.